The summed E-state index contributed by atoms with van der Waals surface area (Å²) in [5, 5.41) is 12.2. The molecule has 1 aromatic heterocycles. The maximum Gasteiger partial charge on any atom is 0.410 e. The Morgan fingerprint density at radius 2 is 2.09 bits per heavy atom. The molecule has 0 aliphatic carbocycles. The summed E-state index contributed by atoms with van der Waals surface area (Å²) >= 11 is 0. The molecule has 4 atom stereocenters. The zero-order valence-electron chi connectivity index (χ0n) is 19.7. The SMILES string of the molecule is C[C@H](Oc1cc(O[C@H]2CN(C(=O)OC(C)(C)C)[C@@H]2C)cc(/C(N)=N/O)n1)[C@@H]1CCCN1C. The van der Waals surface area contributed by atoms with E-state index in [4.69, 9.17) is 25.2 Å². The van der Waals surface area contributed by atoms with Crippen molar-refractivity contribution in [1.82, 2.24) is 14.8 Å². The smallest absolute Gasteiger partial charge is 0.410 e. The molecule has 0 aromatic carbocycles. The molecule has 3 N–H and O–H groups in total. The number of amidine groups is 1. The van der Waals surface area contributed by atoms with Crippen molar-refractivity contribution in [2.24, 2.45) is 10.9 Å². The van der Waals surface area contributed by atoms with Crippen LogP contribution in [0.1, 0.15) is 53.2 Å². The molecule has 2 aliphatic rings. The predicted molar refractivity (Wildman–Crippen MR) is 119 cm³/mol. The van der Waals surface area contributed by atoms with Crippen molar-refractivity contribution in [2.45, 2.75) is 77.4 Å². The van der Waals surface area contributed by atoms with E-state index >= 15 is 0 Å². The zero-order chi connectivity index (χ0) is 23.6. The minimum Gasteiger partial charge on any atom is -0.486 e. The molecule has 3 rings (SSSR count). The van der Waals surface area contributed by atoms with Gasteiger partial charge in [0.25, 0.3) is 0 Å². The van der Waals surface area contributed by atoms with Gasteiger partial charge in [0.2, 0.25) is 5.88 Å². The van der Waals surface area contributed by atoms with Crippen LogP contribution in [0, 0.1) is 0 Å². The van der Waals surface area contributed by atoms with Gasteiger partial charge in [-0.15, -0.1) is 0 Å². The van der Waals surface area contributed by atoms with Crippen molar-refractivity contribution in [2.75, 3.05) is 20.1 Å². The van der Waals surface area contributed by atoms with Crippen molar-refractivity contribution in [3.63, 3.8) is 0 Å². The van der Waals surface area contributed by atoms with Crippen molar-refractivity contribution in [3.05, 3.63) is 17.8 Å². The Balaban J connectivity index is 1.71. The highest BCUT2D eigenvalue weighted by molar-refractivity contribution is 5.95. The second kappa shape index (κ2) is 9.40. The molecule has 178 valence electrons. The number of oxime groups is 1. The summed E-state index contributed by atoms with van der Waals surface area (Å²) in [7, 11) is 2.08. The van der Waals surface area contributed by atoms with Crippen molar-refractivity contribution in [3.8, 4) is 11.6 Å². The lowest BCUT2D eigenvalue weighted by atomic mass is 10.0. The molecule has 2 fully saturated rings. The molecule has 1 aromatic rings. The fourth-order valence-electron chi connectivity index (χ4n) is 4.04. The molecule has 0 saturated carbocycles. The summed E-state index contributed by atoms with van der Waals surface area (Å²) in [6, 6.07) is 3.42. The molecule has 2 saturated heterocycles. The Morgan fingerprint density at radius 1 is 1.38 bits per heavy atom. The fraction of sp³-hybridized carbons (Fsp3) is 0.682. The number of nitrogens with two attached hydrogens (primary N) is 1. The molecule has 3 heterocycles. The van der Waals surface area contributed by atoms with E-state index in [2.05, 4.69) is 22.1 Å². The third-order valence-corrected chi connectivity index (χ3v) is 5.89. The first-order chi connectivity index (χ1) is 15.0. The van der Waals surface area contributed by atoms with Crippen LogP contribution >= 0.6 is 0 Å². The Kier molecular flexibility index (Phi) is 7.02. The summed E-state index contributed by atoms with van der Waals surface area (Å²) < 4.78 is 17.6. The van der Waals surface area contributed by atoms with E-state index in [0.717, 1.165) is 19.4 Å². The normalized spacial score (nSPS) is 25.2. The zero-order valence-corrected chi connectivity index (χ0v) is 19.7. The number of likely N-dealkylation sites (tertiary alicyclic amines) is 2. The average Bonchev–Trinajstić information content (AvgIpc) is 3.14. The molecular formula is C22H35N5O5. The number of amides is 1. The number of rotatable bonds is 6. The van der Waals surface area contributed by atoms with Crippen LogP contribution in [0.2, 0.25) is 0 Å². The van der Waals surface area contributed by atoms with Gasteiger partial charge in [-0.1, -0.05) is 5.16 Å². The minimum atomic E-state index is -0.555. The second-order valence-electron chi connectivity index (χ2n) is 9.55. The lowest BCUT2D eigenvalue weighted by Gasteiger charge is -2.45. The quantitative estimate of drug-likeness (QED) is 0.294. The summed E-state index contributed by atoms with van der Waals surface area (Å²) in [6.07, 6.45) is 1.51. The summed E-state index contributed by atoms with van der Waals surface area (Å²) in [5.41, 5.74) is 5.48. The van der Waals surface area contributed by atoms with Gasteiger partial charge in [-0.25, -0.2) is 9.78 Å². The van der Waals surface area contributed by atoms with Crippen LogP contribution in [-0.4, -0.2) is 81.9 Å². The van der Waals surface area contributed by atoms with Crippen LogP contribution in [0.25, 0.3) is 0 Å². The largest absolute Gasteiger partial charge is 0.486 e. The van der Waals surface area contributed by atoms with Crippen LogP contribution in [0.5, 0.6) is 11.6 Å². The number of nitrogens with zero attached hydrogens (tertiary/aromatic N) is 4. The summed E-state index contributed by atoms with van der Waals surface area (Å²) in [4.78, 5) is 20.6. The Bertz CT molecular complexity index is 856. The van der Waals surface area contributed by atoms with Gasteiger partial charge in [0, 0.05) is 18.2 Å². The lowest BCUT2D eigenvalue weighted by Crippen LogP contribution is -2.63. The molecule has 10 heteroatoms. The number of likely N-dealkylation sites (N-methyl/N-ethyl adjacent to an activating group) is 1. The molecular weight excluding hydrogens is 414 g/mol. The molecule has 10 nitrogen and oxygen atoms in total. The second-order valence-corrected chi connectivity index (χ2v) is 9.55. The highest BCUT2D eigenvalue weighted by Crippen LogP contribution is 2.29. The molecule has 0 unspecified atom stereocenters. The molecule has 2 aliphatic heterocycles. The summed E-state index contributed by atoms with van der Waals surface area (Å²) in [6.45, 7) is 10.9. The van der Waals surface area contributed by atoms with E-state index < -0.39 is 5.60 Å². The Morgan fingerprint density at radius 3 is 2.66 bits per heavy atom. The topological polar surface area (TPSA) is 123 Å². The number of hydrogen-bond acceptors (Lipinski definition) is 8. The number of pyridine rings is 1. The van der Waals surface area contributed by atoms with Crippen molar-refractivity contribution < 1.29 is 24.2 Å². The van der Waals surface area contributed by atoms with E-state index in [0.29, 0.717) is 24.2 Å². The van der Waals surface area contributed by atoms with Gasteiger partial charge in [-0.2, -0.15) is 0 Å². The Labute approximate surface area is 189 Å². The van der Waals surface area contributed by atoms with E-state index in [1.54, 1.807) is 17.0 Å². The average molecular weight is 450 g/mol. The number of carbonyl (C=O) groups is 1. The molecule has 0 bridgehead atoms. The van der Waals surface area contributed by atoms with Gasteiger partial charge in [-0.05, 0) is 61.1 Å². The number of ether oxygens (including phenoxy) is 3. The molecule has 1 amide bonds. The maximum atomic E-state index is 12.3. The van der Waals surface area contributed by atoms with E-state index in [1.807, 2.05) is 34.6 Å². The minimum absolute atomic E-state index is 0.0873. The van der Waals surface area contributed by atoms with Crippen molar-refractivity contribution in [1.29, 1.82) is 0 Å². The molecule has 0 radical (unpaired) electrons. The van der Waals surface area contributed by atoms with Gasteiger partial charge in [0.15, 0.2) is 5.84 Å². The highest BCUT2D eigenvalue weighted by atomic mass is 16.6. The number of carbonyl (C=O) groups excluding carboxylic acids is 1. The first-order valence-electron chi connectivity index (χ1n) is 11.0. The van der Waals surface area contributed by atoms with Crippen LogP contribution in [0.3, 0.4) is 0 Å². The van der Waals surface area contributed by atoms with Gasteiger partial charge < -0.3 is 25.2 Å². The van der Waals surface area contributed by atoms with Crippen molar-refractivity contribution >= 4 is 11.9 Å². The monoisotopic (exact) mass is 449 g/mol. The van der Waals surface area contributed by atoms with Crippen LogP contribution in [-0.2, 0) is 4.74 Å². The summed E-state index contributed by atoms with van der Waals surface area (Å²) in [5.74, 6) is 0.681. The van der Waals surface area contributed by atoms with Crippen LogP contribution in [0.15, 0.2) is 17.3 Å². The molecule has 0 spiro atoms. The third-order valence-electron chi connectivity index (χ3n) is 5.89. The van der Waals surface area contributed by atoms with Crippen LogP contribution < -0.4 is 15.2 Å². The van der Waals surface area contributed by atoms with Gasteiger partial charge >= 0.3 is 6.09 Å². The fourth-order valence-corrected chi connectivity index (χ4v) is 4.04. The van der Waals surface area contributed by atoms with Crippen LogP contribution in [0.4, 0.5) is 4.79 Å². The number of aromatic nitrogens is 1. The van der Waals surface area contributed by atoms with E-state index in [-0.39, 0.29) is 35.9 Å². The van der Waals surface area contributed by atoms with Gasteiger partial charge in [-0.3, -0.25) is 9.80 Å². The first-order valence-corrected chi connectivity index (χ1v) is 11.0. The standard InChI is InChI=1S/C22H35N5O5/c1-13-18(12-27(13)21(28)32-22(3,4)5)31-15-10-16(20(23)25-29)24-19(11-15)30-14(2)17-8-7-9-26(17)6/h10-11,13-14,17-18,29H,7-9,12H2,1-6H3,(H2,23,25)/t13-,14+,17+,18+/m1/s1. The lowest BCUT2D eigenvalue weighted by molar-refractivity contribution is -0.0537. The highest BCUT2D eigenvalue weighted by Gasteiger charge is 2.42. The Hall–Kier alpha value is -2.75. The van der Waals surface area contributed by atoms with E-state index in [1.165, 1.54) is 0 Å². The van der Waals surface area contributed by atoms with Gasteiger partial charge in [0.1, 0.15) is 29.3 Å². The predicted octanol–water partition coefficient (Wildman–Crippen LogP) is 2.42. The molecule has 32 heavy (non-hydrogen) atoms. The van der Waals surface area contributed by atoms with E-state index in [9.17, 15) is 4.79 Å². The maximum absolute atomic E-state index is 12.3. The van der Waals surface area contributed by atoms with Gasteiger partial charge in [0.05, 0.1) is 12.6 Å². The first kappa shape index (κ1) is 23.9. The number of hydrogen-bond donors (Lipinski definition) is 2. The third kappa shape index (κ3) is 5.53.